The van der Waals surface area contributed by atoms with Crippen LogP contribution >= 0.6 is 0 Å². The molecule has 92 valence electrons. The predicted molar refractivity (Wildman–Crippen MR) is 69.8 cm³/mol. The Morgan fingerprint density at radius 1 is 1.39 bits per heavy atom. The normalized spacial score (nSPS) is 10.3. The molecule has 1 aromatic heterocycles. The Bertz CT molecular complexity index is 623. The number of hydrogen-bond acceptors (Lipinski definition) is 4. The standard InChI is InChI=1S/C13H13N3O2/c1-8(2)7-14-11-9-5-3-4-6-10(9)15-12(16-11)13(17)18/h3-6H,1,7H2,2H3,(H,17,18)(H,14,15,16). The topological polar surface area (TPSA) is 75.1 Å². The third-order valence-electron chi connectivity index (χ3n) is 2.35. The molecule has 0 aliphatic heterocycles. The molecule has 5 nitrogen and oxygen atoms in total. The van der Waals surface area contributed by atoms with Crippen LogP contribution in [0.15, 0.2) is 36.4 Å². The molecule has 0 aliphatic carbocycles. The van der Waals surface area contributed by atoms with Crippen LogP contribution in [-0.2, 0) is 0 Å². The van der Waals surface area contributed by atoms with Crippen LogP contribution in [-0.4, -0.2) is 27.6 Å². The molecule has 0 spiro atoms. The molecule has 2 N–H and O–H groups in total. The molecule has 0 bridgehead atoms. The van der Waals surface area contributed by atoms with Gasteiger partial charge in [-0.3, -0.25) is 0 Å². The summed E-state index contributed by atoms with van der Waals surface area (Å²) in [6, 6.07) is 7.28. The second-order valence-corrected chi connectivity index (χ2v) is 4.03. The van der Waals surface area contributed by atoms with Crippen molar-refractivity contribution < 1.29 is 9.90 Å². The summed E-state index contributed by atoms with van der Waals surface area (Å²) in [4.78, 5) is 19.0. The quantitative estimate of drug-likeness (QED) is 0.806. The van der Waals surface area contributed by atoms with E-state index in [9.17, 15) is 4.79 Å². The number of benzene rings is 1. The molecule has 0 aliphatic rings. The molecule has 0 fully saturated rings. The Hall–Kier alpha value is -2.43. The average Bonchev–Trinajstić information content (AvgIpc) is 2.35. The van der Waals surface area contributed by atoms with Gasteiger partial charge in [0.15, 0.2) is 0 Å². The molecule has 2 aromatic rings. The smallest absolute Gasteiger partial charge is 0.374 e. The first kappa shape index (κ1) is 12.0. The summed E-state index contributed by atoms with van der Waals surface area (Å²) in [5.74, 6) is -0.835. The molecule has 1 heterocycles. The molecule has 0 saturated heterocycles. The lowest BCUT2D eigenvalue weighted by Gasteiger charge is -2.09. The first-order valence-corrected chi connectivity index (χ1v) is 5.46. The van der Waals surface area contributed by atoms with Gasteiger partial charge in [-0.05, 0) is 19.1 Å². The Morgan fingerprint density at radius 3 is 2.78 bits per heavy atom. The van der Waals surface area contributed by atoms with Crippen LogP contribution in [0.1, 0.15) is 17.5 Å². The minimum absolute atomic E-state index is 0.210. The van der Waals surface area contributed by atoms with E-state index < -0.39 is 5.97 Å². The summed E-state index contributed by atoms with van der Waals surface area (Å²) in [6.07, 6.45) is 0. The highest BCUT2D eigenvalue weighted by molar-refractivity contribution is 5.93. The number of hydrogen-bond donors (Lipinski definition) is 2. The van der Waals surface area contributed by atoms with Crippen LogP contribution in [0.4, 0.5) is 5.82 Å². The number of carbonyl (C=O) groups is 1. The fraction of sp³-hybridized carbons (Fsp3) is 0.154. The molecule has 1 aromatic carbocycles. The van der Waals surface area contributed by atoms with Crippen molar-refractivity contribution in [2.45, 2.75) is 6.92 Å². The van der Waals surface area contributed by atoms with Gasteiger partial charge in [-0.2, -0.15) is 0 Å². The molecule has 5 heteroatoms. The third kappa shape index (κ3) is 2.45. The molecule has 18 heavy (non-hydrogen) atoms. The van der Waals surface area contributed by atoms with Crippen molar-refractivity contribution >= 4 is 22.7 Å². The van der Waals surface area contributed by atoms with Gasteiger partial charge in [0.25, 0.3) is 0 Å². The summed E-state index contributed by atoms with van der Waals surface area (Å²) in [5.41, 5.74) is 1.55. The molecule has 0 atom stereocenters. The number of aromatic carboxylic acids is 1. The minimum Gasteiger partial charge on any atom is -0.475 e. The Labute approximate surface area is 104 Å². The van der Waals surface area contributed by atoms with Crippen molar-refractivity contribution in [3.8, 4) is 0 Å². The molecule has 0 radical (unpaired) electrons. The Morgan fingerprint density at radius 2 is 2.11 bits per heavy atom. The minimum atomic E-state index is -1.14. The largest absolute Gasteiger partial charge is 0.475 e. The SMILES string of the molecule is C=C(C)CNc1nc(C(=O)O)nc2ccccc12. The number of aromatic nitrogens is 2. The van der Waals surface area contributed by atoms with E-state index in [4.69, 9.17) is 5.11 Å². The zero-order chi connectivity index (χ0) is 13.1. The summed E-state index contributed by atoms with van der Waals surface area (Å²) in [7, 11) is 0. The van der Waals surface area contributed by atoms with Gasteiger partial charge in [-0.1, -0.05) is 24.3 Å². The third-order valence-corrected chi connectivity index (χ3v) is 2.35. The van der Waals surface area contributed by atoms with Crippen LogP contribution in [0.25, 0.3) is 10.9 Å². The highest BCUT2D eigenvalue weighted by Crippen LogP contribution is 2.20. The van der Waals surface area contributed by atoms with Crippen molar-refractivity contribution in [3.05, 3.63) is 42.2 Å². The summed E-state index contributed by atoms with van der Waals surface area (Å²) < 4.78 is 0. The zero-order valence-electron chi connectivity index (χ0n) is 9.97. The van der Waals surface area contributed by atoms with E-state index in [1.807, 2.05) is 25.1 Å². The number of fused-ring (bicyclic) bond motifs is 1. The van der Waals surface area contributed by atoms with E-state index in [2.05, 4.69) is 21.9 Å². The van der Waals surface area contributed by atoms with Gasteiger partial charge < -0.3 is 10.4 Å². The Kier molecular flexibility index (Phi) is 3.23. The number of carboxylic acids is 1. The molecular weight excluding hydrogens is 230 g/mol. The van der Waals surface area contributed by atoms with Crippen LogP contribution in [0.3, 0.4) is 0 Å². The molecule has 0 saturated carbocycles. The lowest BCUT2D eigenvalue weighted by molar-refractivity contribution is 0.0684. The fourth-order valence-corrected chi connectivity index (χ4v) is 1.54. The molecule has 2 rings (SSSR count). The van der Waals surface area contributed by atoms with Gasteiger partial charge in [0.05, 0.1) is 5.52 Å². The lowest BCUT2D eigenvalue weighted by Crippen LogP contribution is -2.10. The van der Waals surface area contributed by atoms with E-state index >= 15 is 0 Å². The van der Waals surface area contributed by atoms with Crippen molar-refractivity contribution in [3.63, 3.8) is 0 Å². The second kappa shape index (κ2) is 4.83. The molecule has 0 amide bonds. The van der Waals surface area contributed by atoms with Gasteiger partial charge in [0.2, 0.25) is 5.82 Å². The maximum atomic E-state index is 11.0. The second-order valence-electron chi connectivity index (χ2n) is 4.03. The maximum Gasteiger partial charge on any atom is 0.374 e. The van der Waals surface area contributed by atoms with Crippen LogP contribution < -0.4 is 5.32 Å². The van der Waals surface area contributed by atoms with E-state index in [0.717, 1.165) is 11.0 Å². The van der Waals surface area contributed by atoms with Crippen LogP contribution in [0, 0.1) is 0 Å². The fourth-order valence-electron chi connectivity index (χ4n) is 1.54. The molecular formula is C13H13N3O2. The van der Waals surface area contributed by atoms with Gasteiger partial charge in [0.1, 0.15) is 5.82 Å². The highest BCUT2D eigenvalue weighted by Gasteiger charge is 2.12. The summed E-state index contributed by atoms with van der Waals surface area (Å²) in [5, 5.41) is 12.8. The Balaban J connectivity index is 2.53. The predicted octanol–water partition coefficient (Wildman–Crippen LogP) is 2.32. The van der Waals surface area contributed by atoms with E-state index in [0.29, 0.717) is 17.9 Å². The van der Waals surface area contributed by atoms with Crippen molar-refractivity contribution in [2.75, 3.05) is 11.9 Å². The average molecular weight is 243 g/mol. The van der Waals surface area contributed by atoms with Crippen LogP contribution in [0.2, 0.25) is 0 Å². The number of rotatable bonds is 4. The molecule has 0 unspecified atom stereocenters. The lowest BCUT2D eigenvalue weighted by atomic mass is 10.2. The monoisotopic (exact) mass is 243 g/mol. The number of anilines is 1. The number of para-hydroxylation sites is 1. The summed E-state index contributed by atoms with van der Waals surface area (Å²) in [6.45, 7) is 6.21. The zero-order valence-corrected chi connectivity index (χ0v) is 9.97. The number of nitrogens with one attached hydrogen (secondary N) is 1. The van der Waals surface area contributed by atoms with Gasteiger partial charge in [0, 0.05) is 11.9 Å². The van der Waals surface area contributed by atoms with E-state index in [1.54, 1.807) is 6.07 Å². The van der Waals surface area contributed by atoms with Crippen molar-refractivity contribution in [2.24, 2.45) is 0 Å². The summed E-state index contributed by atoms with van der Waals surface area (Å²) >= 11 is 0. The van der Waals surface area contributed by atoms with Gasteiger partial charge >= 0.3 is 5.97 Å². The van der Waals surface area contributed by atoms with Crippen molar-refractivity contribution in [1.29, 1.82) is 0 Å². The van der Waals surface area contributed by atoms with E-state index in [1.165, 1.54) is 0 Å². The highest BCUT2D eigenvalue weighted by atomic mass is 16.4. The van der Waals surface area contributed by atoms with E-state index in [-0.39, 0.29) is 5.82 Å². The number of carboxylic acid groups (broad SMARTS) is 1. The number of nitrogens with zero attached hydrogens (tertiary/aromatic N) is 2. The maximum absolute atomic E-state index is 11.0. The first-order valence-electron chi connectivity index (χ1n) is 5.46. The first-order chi connectivity index (χ1) is 8.58. The van der Waals surface area contributed by atoms with Crippen LogP contribution in [0.5, 0.6) is 0 Å². The van der Waals surface area contributed by atoms with Crippen molar-refractivity contribution in [1.82, 2.24) is 9.97 Å². The van der Waals surface area contributed by atoms with Gasteiger partial charge in [-0.15, -0.1) is 0 Å². The van der Waals surface area contributed by atoms with Gasteiger partial charge in [-0.25, -0.2) is 14.8 Å².